The van der Waals surface area contributed by atoms with Gasteiger partial charge in [-0.1, -0.05) is 88.4 Å². The van der Waals surface area contributed by atoms with Crippen LogP contribution in [0.3, 0.4) is 0 Å². The normalized spacial score (nSPS) is 11.7. The molecule has 4 rings (SSSR count). The quantitative estimate of drug-likeness (QED) is 0.209. The monoisotopic (exact) mass is 488 g/mol. The summed E-state index contributed by atoms with van der Waals surface area (Å²) >= 11 is 0. The first-order chi connectivity index (χ1) is 16.8. The summed E-state index contributed by atoms with van der Waals surface area (Å²) in [6.07, 6.45) is 1.92. The second-order valence-electron chi connectivity index (χ2n) is 9.68. The van der Waals surface area contributed by atoms with Gasteiger partial charge in [-0.15, -0.1) is 0 Å². The van der Waals surface area contributed by atoms with Crippen LogP contribution in [-0.2, 0) is 17.4 Å². The van der Waals surface area contributed by atoms with E-state index < -0.39 is 7.82 Å². The number of fused-ring (bicyclic) bond motifs is 1. The van der Waals surface area contributed by atoms with Crippen LogP contribution in [0.4, 0.5) is 0 Å². The fraction of sp³-hybridized carbons (Fsp3) is 0.267. The van der Waals surface area contributed by atoms with Crippen molar-refractivity contribution in [3.63, 3.8) is 0 Å². The van der Waals surface area contributed by atoms with Crippen molar-refractivity contribution in [2.24, 2.45) is 11.8 Å². The smallest absolute Gasteiger partial charge is 0.386 e. The van der Waals surface area contributed by atoms with Gasteiger partial charge in [-0.2, -0.15) is 4.57 Å². The molecular weight excluding hydrogens is 455 g/mol. The Hall–Kier alpha value is -3.23. The van der Waals surface area contributed by atoms with Gasteiger partial charge in [0.25, 0.3) is 0 Å². The number of phosphoric ester groups is 1. The molecular formula is C30H33O4P. The van der Waals surface area contributed by atoms with E-state index in [2.05, 4.69) is 27.7 Å². The molecule has 0 unspecified atom stereocenters. The van der Waals surface area contributed by atoms with E-state index in [9.17, 15) is 4.57 Å². The van der Waals surface area contributed by atoms with Crippen LogP contribution in [0.15, 0.2) is 91.0 Å². The molecule has 0 N–H and O–H groups in total. The molecule has 0 aliphatic rings. The molecule has 5 heteroatoms. The minimum absolute atomic E-state index is 0.428. The lowest BCUT2D eigenvalue weighted by Crippen LogP contribution is -2.08. The van der Waals surface area contributed by atoms with Crippen LogP contribution >= 0.6 is 7.82 Å². The molecule has 0 heterocycles. The van der Waals surface area contributed by atoms with Crippen LogP contribution in [0, 0.1) is 11.8 Å². The first-order valence-electron chi connectivity index (χ1n) is 12.1. The third-order valence-corrected chi connectivity index (χ3v) is 6.82. The second-order valence-corrected chi connectivity index (χ2v) is 11.1. The average molecular weight is 489 g/mol. The first kappa shape index (κ1) is 24.9. The number of phosphoric acid groups is 1. The average Bonchev–Trinajstić information content (AvgIpc) is 2.81. The molecule has 0 bridgehead atoms. The van der Waals surface area contributed by atoms with E-state index in [1.54, 1.807) is 6.07 Å². The van der Waals surface area contributed by atoms with Gasteiger partial charge < -0.3 is 13.6 Å². The number of rotatable bonds is 10. The Kier molecular flexibility index (Phi) is 7.83. The fourth-order valence-electron chi connectivity index (χ4n) is 4.03. The van der Waals surface area contributed by atoms with Crippen LogP contribution in [0.1, 0.15) is 38.8 Å². The van der Waals surface area contributed by atoms with Gasteiger partial charge in [-0.25, -0.2) is 0 Å². The number of hydrogen-bond donors (Lipinski definition) is 0. The zero-order chi connectivity index (χ0) is 24.8. The van der Waals surface area contributed by atoms with E-state index in [4.69, 9.17) is 13.6 Å². The molecule has 4 aromatic carbocycles. The molecule has 0 aromatic heterocycles. The van der Waals surface area contributed by atoms with Gasteiger partial charge in [-0.05, 0) is 71.5 Å². The van der Waals surface area contributed by atoms with E-state index in [0.29, 0.717) is 29.1 Å². The molecule has 0 aliphatic carbocycles. The summed E-state index contributed by atoms with van der Waals surface area (Å²) in [7, 11) is -4.07. The van der Waals surface area contributed by atoms with Crippen molar-refractivity contribution in [3.05, 3.63) is 102 Å². The Morgan fingerprint density at radius 3 is 1.60 bits per heavy atom. The van der Waals surface area contributed by atoms with Crippen LogP contribution in [0.2, 0.25) is 0 Å². The summed E-state index contributed by atoms with van der Waals surface area (Å²) in [4.78, 5) is 0. The molecule has 0 aliphatic heterocycles. The Morgan fingerprint density at radius 2 is 1.09 bits per heavy atom. The molecule has 0 saturated carbocycles. The van der Waals surface area contributed by atoms with Crippen molar-refractivity contribution in [3.8, 4) is 17.2 Å². The van der Waals surface area contributed by atoms with Gasteiger partial charge in [0, 0.05) is 5.39 Å². The van der Waals surface area contributed by atoms with Crippen molar-refractivity contribution >= 4 is 18.6 Å². The molecule has 0 saturated heterocycles. The summed E-state index contributed by atoms with van der Waals surface area (Å²) < 4.78 is 31.9. The molecule has 0 spiro atoms. The summed E-state index contributed by atoms with van der Waals surface area (Å²) in [5.74, 6) is 2.39. The van der Waals surface area contributed by atoms with Crippen LogP contribution in [0.5, 0.6) is 17.2 Å². The SMILES string of the molecule is CC(C)Cc1ccc(OP(=O)(Oc2ccc(CC(C)C)cc2)Oc2cccc3ccccc23)cc1. The predicted octanol–water partition coefficient (Wildman–Crippen LogP) is 8.88. The maximum absolute atomic E-state index is 14.0. The lowest BCUT2D eigenvalue weighted by Gasteiger charge is -2.20. The van der Waals surface area contributed by atoms with Gasteiger partial charge in [0.1, 0.15) is 17.2 Å². The predicted molar refractivity (Wildman–Crippen MR) is 143 cm³/mol. The Morgan fingerprint density at radius 1 is 0.600 bits per heavy atom. The zero-order valence-electron chi connectivity index (χ0n) is 20.8. The van der Waals surface area contributed by atoms with Gasteiger partial charge in [0.05, 0.1) is 0 Å². The highest BCUT2D eigenvalue weighted by Crippen LogP contribution is 2.51. The van der Waals surface area contributed by atoms with E-state index in [1.807, 2.05) is 84.9 Å². The fourth-order valence-corrected chi connectivity index (χ4v) is 5.30. The maximum atomic E-state index is 14.0. The minimum atomic E-state index is -4.07. The van der Waals surface area contributed by atoms with Crippen molar-refractivity contribution < 1.29 is 18.1 Å². The summed E-state index contributed by atoms with van der Waals surface area (Å²) in [5, 5.41) is 1.81. The highest BCUT2D eigenvalue weighted by Gasteiger charge is 2.34. The van der Waals surface area contributed by atoms with Gasteiger partial charge >= 0.3 is 7.82 Å². The third kappa shape index (κ3) is 6.90. The van der Waals surface area contributed by atoms with Gasteiger partial charge in [0.2, 0.25) is 0 Å². The third-order valence-electron chi connectivity index (χ3n) is 5.53. The molecule has 0 fully saturated rings. The Bertz CT molecular complexity index is 1230. The molecule has 182 valence electrons. The highest BCUT2D eigenvalue weighted by molar-refractivity contribution is 7.49. The highest BCUT2D eigenvalue weighted by atomic mass is 31.2. The van der Waals surface area contributed by atoms with Gasteiger partial charge in [0.15, 0.2) is 0 Å². The number of benzene rings is 4. The van der Waals surface area contributed by atoms with Crippen LogP contribution in [0.25, 0.3) is 10.8 Å². The minimum Gasteiger partial charge on any atom is -0.386 e. The van der Waals surface area contributed by atoms with Crippen LogP contribution < -0.4 is 13.6 Å². The molecule has 35 heavy (non-hydrogen) atoms. The first-order valence-corrected chi connectivity index (χ1v) is 13.6. The Balaban J connectivity index is 1.63. The molecule has 4 nitrogen and oxygen atoms in total. The van der Waals surface area contributed by atoms with Crippen molar-refractivity contribution in [1.82, 2.24) is 0 Å². The van der Waals surface area contributed by atoms with E-state index >= 15 is 0 Å². The van der Waals surface area contributed by atoms with E-state index in [1.165, 1.54) is 11.1 Å². The number of hydrogen-bond acceptors (Lipinski definition) is 4. The zero-order valence-corrected chi connectivity index (χ0v) is 21.7. The lowest BCUT2D eigenvalue weighted by molar-refractivity contribution is 0.299. The molecule has 4 aromatic rings. The molecule has 0 radical (unpaired) electrons. The van der Waals surface area contributed by atoms with Crippen molar-refractivity contribution in [1.29, 1.82) is 0 Å². The summed E-state index contributed by atoms with van der Waals surface area (Å²) in [6.45, 7) is 8.71. The van der Waals surface area contributed by atoms with E-state index in [0.717, 1.165) is 23.6 Å². The van der Waals surface area contributed by atoms with Crippen LogP contribution in [-0.4, -0.2) is 0 Å². The van der Waals surface area contributed by atoms with Crippen molar-refractivity contribution in [2.45, 2.75) is 40.5 Å². The Labute approximate surface area is 208 Å². The van der Waals surface area contributed by atoms with Crippen molar-refractivity contribution in [2.75, 3.05) is 0 Å². The molecule has 0 atom stereocenters. The summed E-state index contributed by atoms with van der Waals surface area (Å²) in [6, 6.07) is 28.6. The second kappa shape index (κ2) is 11.0. The largest absolute Gasteiger partial charge is 0.647 e. The maximum Gasteiger partial charge on any atom is 0.647 e. The molecule has 0 amide bonds. The lowest BCUT2D eigenvalue weighted by atomic mass is 10.0. The van der Waals surface area contributed by atoms with Gasteiger partial charge in [-0.3, -0.25) is 0 Å². The van der Waals surface area contributed by atoms with E-state index in [-0.39, 0.29) is 0 Å². The standard InChI is InChI=1S/C30H33O4P/c1-22(2)20-24-12-16-27(17-13-24)32-35(31,33-28-18-14-25(15-19-28)21-23(3)4)34-30-11-7-9-26-8-5-6-10-29(26)30/h5-19,22-23H,20-21H2,1-4H3. The topological polar surface area (TPSA) is 44.8 Å². The summed E-state index contributed by atoms with van der Waals surface area (Å²) in [5.41, 5.74) is 2.39.